The molecular formula is C10H15N3O. The molecule has 0 aromatic carbocycles. The van der Waals surface area contributed by atoms with Crippen LogP contribution in [0.4, 0.5) is 5.95 Å². The minimum absolute atomic E-state index is 0.102. The first-order valence-electron chi connectivity index (χ1n) is 5.07. The molecule has 1 aromatic heterocycles. The normalized spacial score (nSPS) is 26.4. The molecule has 0 radical (unpaired) electrons. The monoisotopic (exact) mass is 193 g/mol. The average molecular weight is 193 g/mol. The maximum Gasteiger partial charge on any atom is 0.230 e. The van der Waals surface area contributed by atoms with Gasteiger partial charge < -0.3 is 4.98 Å². The molecule has 2 atom stereocenters. The van der Waals surface area contributed by atoms with Crippen LogP contribution in [0.15, 0.2) is 12.4 Å². The molecule has 1 aromatic rings. The van der Waals surface area contributed by atoms with Gasteiger partial charge in [0.15, 0.2) is 0 Å². The van der Waals surface area contributed by atoms with Crippen molar-refractivity contribution >= 4 is 11.9 Å². The predicted octanol–water partition coefficient (Wildman–Crippen LogP) is 1.78. The van der Waals surface area contributed by atoms with Gasteiger partial charge in [-0.2, -0.15) is 0 Å². The molecule has 4 heteroatoms. The first kappa shape index (κ1) is 9.24. The largest absolute Gasteiger partial charge is 0.331 e. The predicted molar refractivity (Wildman–Crippen MR) is 53.7 cm³/mol. The Morgan fingerprint density at radius 2 is 2.50 bits per heavy atom. The number of imidazole rings is 1. The van der Waals surface area contributed by atoms with E-state index in [1.54, 1.807) is 12.4 Å². The van der Waals surface area contributed by atoms with Crippen LogP contribution in [-0.2, 0) is 4.79 Å². The fourth-order valence-corrected chi connectivity index (χ4v) is 2.08. The Morgan fingerprint density at radius 1 is 1.64 bits per heavy atom. The molecule has 2 N–H and O–H groups in total. The lowest BCUT2D eigenvalue weighted by molar-refractivity contribution is -0.120. The molecule has 76 valence electrons. The van der Waals surface area contributed by atoms with E-state index in [9.17, 15) is 4.79 Å². The van der Waals surface area contributed by atoms with Gasteiger partial charge in [0, 0.05) is 18.3 Å². The molecule has 2 rings (SSSR count). The highest BCUT2D eigenvalue weighted by Gasteiger charge is 2.29. The number of hydrogen-bond donors (Lipinski definition) is 2. The van der Waals surface area contributed by atoms with Crippen molar-refractivity contribution in [1.82, 2.24) is 9.97 Å². The molecule has 0 bridgehead atoms. The molecule has 1 heterocycles. The number of amides is 1. The summed E-state index contributed by atoms with van der Waals surface area (Å²) in [5.41, 5.74) is 0. The molecule has 1 aliphatic rings. The van der Waals surface area contributed by atoms with Gasteiger partial charge in [-0.25, -0.2) is 4.98 Å². The van der Waals surface area contributed by atoms with Gasteiger partial charge in [0.2, 0.25) is 11.9 Å². The Bertz CT molecular complexity index is 307. The van der Waals surface area contributed by atoms with Crippen LogP contribution in [0.3, 0.4) is 0 Å². The third-order valence-electron chi connectivity index (χ3n) is 2.94. The van der Waals surface area contributed by atoms with E-state index >= 15 is 0 Å². The summed E-state index contributed by atoms with van der Waals surface area (Å²) in [4.78, 5) is 18.6. The van der Waals surface area contributed by atoms with Crippen LogP contribution in [0.2, 0.25) is 0 Å². The molecule has 1 saturated carbocycles. The van der Waals surface area contributed by atoms with Crippen molar-refractivity contribution in [2.24, 2.45) is 11.8 Å². The summed E-state index contributed by atoms with van der Waals surface area (Å²) in [5, 5.41) is 2.79. The molecule has 0 saturated heterocycles. The summed E-state index contributed by atoms with van der Waals surface area (Å²) in [7, 11) is 0. The van der Waals surface area contributed by atoms with Gasteiger partial charge in [-0.15, -0.1) is 0 Å². The van der Waals surface area contributed by atoms with Crippen molar-refractivity contribution in [3.05, 3.63) is 12.4 Å². The Kier molecular flexibility index (Phi) is 2.52. The second kappa shape index (κ2) is 3.82. The Morgan fingerprint density at radius 3 is 3.07 bits per heavy atom. The van der Waals surface area contributed by atoms with Crippen LogP contribution in [0, 0.1) is 11.8 Å². The fourth-order valence-electron chi connectivity index (χ4n) is 2.08. The lowest BCUT2D eigenvalue weighted by atomic mass is 9.97. The summed E-state index contributed by atoms with van der Waals surface area (Å²) in [6, 6.07) is 0. The Hall–Kier alpha value is -1.32. The van der Waals surface area contributed by atoms with E-state index in [1.807, 2.05) is 0 Å². The lowest BCUT2D eigenvalue weighted by Gasteiger charge is -2.13. The van der Waals surface area contributed by atoms with E-state index in [1.165, 1.54) is 0 Å². The minimum Gasteiger partial charge on any atom is -0.331 e. The number of nitrogens with zero attached hydrogens (tertiary/aromatic N) is 1. The Labute approximate surface area is 83.1 Å². The Balaban J connectivity index is 1.95. The highest BCUT2D eigenvalue weighted by Crippen LogP contribution is 2.31. The summed E-state index contributed by atoms with van der Waals surface area (Å²) < 4.78 is 0. The van der Waals surface area contributed by atoms with Crippen molar-refractivity contribution in [2.45, 2.75) is 26.2 Å². The van der Waals surface area contributed by atoms with E-state index in [0.29, 0.717) is 11.9 Å². The highest BCUT2D eigenvalue weighted by molar-refractivity contribution is 5.91. The van der Waals surface area contributed by atoms with Crippen LogP contribution in [0.25, 0.3) is 0 Å². The summed E-state index contributed by atoms with van der Waals surface area (Å²) in [6.07, 6.45) is 6.67. The second-order valence-electron chi connectivity index (χ2n) is 3.94. The molecule has 1 amide bonds. The molecule has 0 spiro atoms. The molecule has 14 heavy (non-hydrogen) atoms. The van der Waals surface area contributed by atoms with Gasteiger partial charge in [-0.3, -0.25) is 10.1 Å². The summed E-state index contributed by atoms with van der Waals surface area (Å²) >= 11 is 0. The molecule has 2 unspecified atom stereocenters. The quantitative estimate of drug-likeness (QED) is 0.752. The zero-order valence-electron chi connectivity index (χ0n) is 8.29. The maximum atomic E-state index is 11.8. The van der Waals surface area contributed by atoms with Crippen molar-refractivity contribution < 1.29 is 4.79 Å². The number of carbonyl (C=O) groups excluding carboxylic acids is 1. The van der Waals surface area contributed by atoms with E-state index in [-0.39, 0.29) is 11.8 Å². The van der Waals surface area contributed by atoms with Crippen molar-refractivity contribution in [3.8, 4) is 0 Å². The van der Waals surface area contributed by atoms with E-state index in [0.717, 1.165) is 19.3 Å². The lowest BCUT2D eigenvalue weighted by Crippen LogP contribution is -2.25. The van der Waals surface area contributed by atoms with E-state index in [2.05, 4.69) is 22.2 Å². The van der Waals surface area contributed by atoms with Gasteiger partial charge in [0.25, 0.3) is 0 Å². The first-order valence-corrected chi connectivity index (χ1v) is 5.07. The number of carbonyl (C=O) groups is 1. The van der Waals surface area contributed by atoms with Gasteiger partial charge in [0.05, 0.1) is 0 Å². The number of aromatic nitrogens is 2. The fraction of sp³-hybridized carbons (Fsp3) is 0.600. The average Bonchev–Trinajstić information content (AvgIpc) is 2.75. The topological polar surface area (TPSA) is 57.8 Å². The number of anilines is 1. The highest BCUT2D eigenvalue weighted by atomic mass is 16.2. The minimum atomic E-state index is 0.102. The smallest absolute Gasteiger partial charge is 0.230 e. The zero-order chi connectivity index (χ0) is 9.97. The van der Waals surface area contributed by atoms with Crippen LogP contribution in [0.1, 0.15) is 26.2 Å². The first-order chi connectivity index (χ1) is 6.77. The number of rotatable bonds is 2. The van der Waals surface area contributed by atoms with Gasteiger partial charge in [0.1, 0.15) is 0 Å². The summed E-state index contributed by atoms with van der Waals surface area (Å²) in [6.45, 7) is 2.14. The van der Waals surface area contributed by atoms with Crippen molar-refractivity contribution in [1.29, 1.82) is 0 Å². The third-order valence-corrected chi connectivity index (χ3v) is 2.94. The van der Waals surface area contributed by atoms with Crippen LogP contribution in [-0.4, -0.2) is 15.9 Å². The SMILES string of the molecule is CC1CCCC1C(=O)Nc1ncc[nH]1. The zero-order valence-corrected chi connectivity index (χ0v) is 8.29. The molecular weight excluding hydrogens is 178 g/mol. The number of hydrogen-bond acceptors (Lipinski definition) is 2. The maximum absolute atomic E-state index is 11.8. The molecule has 1 fully saturated rings. The van der Waals surface area contributed by atoms with Gasteiger partial charge in [-0.05, 0) is 18.8 Å². The molecule has 4 nitrogen and oxygen atoms in total. The van der Waals surface area contributed by atoms with E-state index < -0.39 is 0 Å². The van der Waals surface area contributed by atoms with Crippen LogP contribution >= 0.6 is 0 Å². The standard InChI is InChI=1S/C10H15N3O/c1-7-3-2-4-8(7)9(14)13-10-11-5-6-12-10/h5-8H,2-4H2,1H3,(H2,11,12,13,14). The number of H-pyrrole nitrogens is 1. The van der Waals surface area contributed by atoms with E-state index in [4.69, 9.17) is 0 Å². The number of aromatic amines is 1. The van der Waals surface area contributed by atoms with Crippen LogP contribution < -0.4 is 5.32 Å². The molecule has 1 aliphatic carbocycles. The van der Waals surface area contributed by atoms with Gasteiger partial charge >= 0.3 is 0 Å². The number of nitrogens with one attached hydrogen (secondary N) is 2. The molecule has 0 aliphatic heterocycles. The van der Waals surface area contributed by atoms with Gasteiger partial charge in [-0.1, -0.05) is 13.3 Å². The van der Waals surface area contributed by atoms with Crippen molar-refractivity contribution in [3.63, 3.8) is 0 Å². The van der Waals surface area contributed by atoms with Crippen molar-refractivity contribution in [2.75, 3.05) is 5.32 Å². The van der Waals surface area contributed by atoms with Crippen LogP contribution in [0.5, 0.6) is 0 Å². The summed E-state index contributed by atoms with van der Waals surface area (Å²) in [5.74, 6) is 1.32. The third kappa shape index (κ3) is 1.78. The second-order valence-corrected chi connectivity index (χ2v) is 3.94.